The Bertz CT molecular complexity index is 1190. The summed E-state index contributed by atoms with van der Waals surface area (Å²) in [5, 5.41) is 1.06. The van der Waals surface area contributed by atoms with E-state index in [0.29, 0.717) is 5.56 Å². The third kappa shape index (κ3) is 4.52. The number of unbranched alkanes of at least 4 members (excludes halogenated alkanes) is 1. The molecule has 4 rings (SSSR count). The molecular weight excluding hydrogens is 421 g/mol. The zero-order chi connectivity index (χ0) is 24.5. The number of carbonyl (C=O) groups is 1. The van der Waals surface area contributed by atoms with Crippen molar-refractivity contribution in [1.29, 1.82) is 0 Å². The van der Waals surface area contributed by atoms with Crippen molar-refractivity contribution in [1.82, 2.24) is 4.57 Å². The molecule has 0 saturated carbocycles. The van der Waals surface area contributed by atoms with Gasteiger partial charge in [0.1, 0.15) is 0 Å². The lowest BCUT2D eigenvalue weighted by molar-refractivity contribution is 0.00578. The van der Waals surface area contributed by atoms with E-state index in [-0.39, 0.29) is 5.91 Å². The third-order valence-corrected chi connectivity index (χ3v) is 7.14. The highest BCUT2D eigenvalue weighted by atomic mass is 16.7. The number of benzene rings is 2. The van der Waals surface area contributed by atoms with Gasteiger partial charge in [-0.3, -0.25) is 9.36 Å². The van der Waals surface area contributed by atoms with E-state index in [1.165, 1.54) is 5.57 Å². The Labute approximate surface area is 204 Å². The molecule has 2 heterocycles. The van der Waals surface area contributed by atoms with Crippen LogP contribution in [-0.2, 0) is 9.31 Å². The zero-order valence-corrected chi connectivity index (χ0v) is 21.4. The largest absolute Gasteiger partial charge is 0.494 e. The van der Waals surface area contributed by atoms with Crippen LogP contribution in [0.5, 0.6) is 0 Å². The summed E-state index contributed by atoms with van der Waals surface area (Å²) in [4.78, 5) is 13.5. The van der Waals surface area contributed by atoms with Gasteiger partial charge in [-0.2, -0.15) is 0 Å². The number of allylic oxidation sites excluding steroid dienone is 2. The molecular formula is C29H36BNO3. The predicted molar refractivity (Wildman–Crippen MR) is 142 cm³/mol. The average Bonchev–Trinajstić information content (AvgIpc) is 3.29. The molecule has 0 radical (unpaired) electrons. The van der Waals surface area contributed by atoms with E-state index in [4.69, 9.17) is 9.31 Å². The number of hydrogen-bond acceptors (Lipinski definition) is 3. The van der Waals surface area contributed by atoms with Crippen molar-refractivity contribution in [2.24, 2.45) is 0 Å². The van der Waals surface area contributed by atoms with E-state index >= 15 is 0 Å². The molecule has 0 bridgehead atoms. The normalized spacial score (nSPS) is 17.5. The second kappa shape index (κ2) is 9.55. The van der Waals surface area contributed by atoms with Gasteiger partial charge in [0.15, 0.2) is 0 Å². The molecule has 2 aromatic carbocycles. The molecule has 0 atom stereocenters. The summed E-state index contributed by atoms with van der Waals surface area (Å²) >= 11 is 0. The topological polar surface area (TPSA) is 40.5 Å². The summed E-state index contributed by atoms with van der Waals surface area (Å²) in [6.07, 6.45) is 8.48. The first-order valence-corrected chi connectivity index (χ1v) is 12.5. The minimum atomic E-state index is -0.440. The van der Waals surface area contributed by atoms with Crippen LogP contribution in [0.3, 0.4) is 0 Å². The lowest BCUT2D eigenvalue weighted by atomic mass is 9.78. The summed E-state index contributed by atoms with van der Waals surface area (Å²) < 4.78 is 14.4. The fourth-order valence-electron chi connectivity index (χ4n) is 4.45. The molecule has 3 aromatic rings. The van der Waals surface area contributed by atoms with Gasteiger partial charge in [-0.25, -0.2) is 0 Å². The number of aromatic nitrogens is 1. The Morgan fingerprint density at radius 1 is 0.971 bits per heavy atom. The summed E-state index contributed by atoms with van der Waals surface area (Å²) in [5.41, 5.74) is 4.16. The quantitative estimate of drug-likeness (QED) is 0.375. The Morgan fingerprint density at radius 3 is 2.26 bits per heavy atom. The maximum absolute atomic E-state index is 13.5. The van der Waals surface area contributed by atoms with Crippen LogP contribution in [0.4, 0.5) is 0 Å². The van der Waals surface area contributed by atoms with Crippen molar-refractivity contribution in [3.63, 3.8) is 0 Å². The van der Waals surface area contributed by atoms with Crippen LogP contribution in [0.1, 0.15) is 83.1 Å². The first-order chi connectivity index (χ1) is 16.2. The molecule has 1 saturated heterocycles. The number of hydrogen-bond donors (Lipinski definition) is 0. The number of rotatable bonds is 7. The molecule has 0 spiro atoms. The fraction of sp³-hybridized carbons (Fsp3) is 0.414. The second-order valence-electron chi connectivity index (χ2n) is 10.2. The summed E-state index contributed by atoms with van der Waals surface area (Å²) in [7, 11) is -0.440. The SMILES string of the molecule is CCC/C=C(\CCC)c1cn(C(=O)c2ccccc2)c2ccc(B3OC(C)(C)C(C)(C)O3)cc12. The van der Waals surface area contributed by atoms with Crippen LogP contribution in [0, 0.1) is 0 Å². The molecule has 1 fully saturated rings. The minimum absolute atomic E-state index is 0.0217. The van der Waals surface area contributed by atoms with Crippen molar-refractivity contribution < 1.29 is 14.1 Å². The van der Waals surface area contributed by atoms with Crippen molar-refractivity contribution in [3.8, 4) is 0 Å². The van der Waals surface area contributed by atoms with Gasteiger partial charge in [-0.15, -0.1) is 0 Å². The van der Waals surface area contributed by atoms with Gasteiger partial charge in [0.25, 0.3) is 5.91 Å². The van der Waals surface area contributed by atoms with Gasteiger partial charge in [-0.1, -0.05) is 63.1 Å². The van der Waals surface area contributed by atoms with Gasteiger partial charge in [0.2, 0.25) is 0 Å². The Morgan fingerprint density at radius 2 is 1.65 bits per heavy atom. The summed E-state index contributed by atoms with van der Waals surface area (Å²) in [5.74, 6) is -0.0217. The van der Waals surface area contributed by atoms with E-state index in [0.717, 1.165) is 47.6 Å². The van der Waals surface area contributed by atoms with Gasteiger partial charge < -0.3 is 9.31 Å². The second-order valence-corrected chi connectivity index (χ2v) is 10.2. The fourth-order valence-corrected chi connectivity index (χ4v) is 4.45. The molecule has 0 aliphatic carbocycles. The molecule has 1 aliphatic rings. The summed E-state index contributed by atoms with van der Waals surface area (Å²) in [6.45, 7) is 12.7. The van der Waals surface area contributed by atoms with Crippen molar-refractivity contribution in [3.05, 3.63) is 71.9 Å². The molecule has 0 unspecified atom stereocenters. The smallest absolute Gasteiger partial charge is 0.399 e. The molecule has 0 amide bonds. The first-order valence-electron chi connectivity index (χ1n) is 12.5. The van der Waals surface area contributed by atoms with Crippen LogP contribution >= 0.6 is 0 Å². The van der Waals surface area contributed by atoms with E-state index in [1.807, 2.05) is 48.7 Å². The van der Waals surface area contributed by atoms with E-state index in [1.54, 1.807) is 4.57 Å². The standard InChI is InChI=1S/C29H36BNO3/c1-7-9-14-21(13-8-2)25-20-31(27(32)22-15-11-10-12-16-22)26-18-17-23(19-24(25)26)30-33-28(3,4)29(5,6)34-30/h10-12,14-20H,7-9,13H2,1-6H3/b21-14+. The molecule has 4 nitrogen and oxygen atoms in total. The number of fused-ring (bicyclic) bond motifs is 1. The molecule has 178 valence electrons. The molecule has 1 aromatic heterocycles. The Kier molecular flexibility index (Phi) is 6.88. The van der Waals surface area contributed by atoms with Crippen LogP contribution in [0.2, 0.25) is 0 Å². The Hall–Kier alpha value is -2.63. The lowest BCUT2D eigenvalue weighted by Gasteiger charge is -2.32. The van der Waals surface area contributed by atoms with Gasteiger partial charge in [0.05, 0.1) is 16.7 Å². The van der Waals surface area contributed by atoms with E-state index in [9.17, 15) is 4.79 Å². The zero-order valence-electron chi connectivity index (χ0n) is 21.4. The maximum atomic E-state index is 13.5. The van der Waals surface area contributed by atoms with Crippen LogP contribution in [0.15, 0.2) is 60.8 Å². The van der Waals surface area contributed by atoms with Crippen molar-refractivity contribution in [2.45, 2.75) is 78.4 Å². The number of nitrogens with zero attached hydrogens (tertiary/aromatic N) is 1. The number of carbonyl (C=O) groups excluding carboxylic acids is 1. The summed E-state index contributed by atoms with van der Waals surface area (Å²) in [6, 6.07) is 15.7. The van der Waals surface area contributed by atoms with Crippen LogP contribution in [0.25, 0.3) is 16.5 Å². The highest BCUT2D eigenvalue weighted by Gasteiger charge is 2.51. The van der Waals surface area contributed by atoms with Crippen molar-refractivity contribution >= 4 is 35.0 Å². The minimum Gasteiger partial charge on any atom is -0.399 e. The highest BCUT2D eigenvalue weighted by Crippen LogP contribution is 2.37. The monoisotopic (exact) mass is 457 g/mol. The molecule has 1 aliphatic heterocycles. The van der Waals surface area contributed by atoms with Gasteiger partial charge in [-0.05, 0) is 69.8 Å². The van der Waals surface area contributed by atoms with Gasteiger partial charge in [0, 0.05) is 22.7 Å². The predicted octanol–water partition coefficient (Wildman–Crippen LogP) is 6.61. The van der Waals surface area contributed by atoms with E-state index < -0.39 is 18.3 Å². The molecule has 0 N–H and O–H groups in total. The van der Waals surface area contributed by atoms with E-state index in [2.05, 4.69) is 53.7 Å². The van der Waals surface area contributed by atoms with Crippen molar-refractivity contribution in [2.75, 3.05) is 0 Å². The maximum Gasteiger partial charge on any atom is 0.494 e. The lowest BCUT2D eigenvalue weighted by Crippen LogP contribution is -2.41. The molecule has 34 heavy (non-hydrogen) atoms. The van der Waals surface area contributed by atoms with Crippen LogP contribution < -0.4 is 5.46 Å². The Balaban J connectivity index is 1.86. The highest BCUT2D eigenvalue weighted by molar-refractivity contribution is 6.62. The van der Waals surface area contributed by atoms with Crippen LogP contribution in [-0.4, -0.2) is 28.8 Å². The molecule has 5 heteroatoms. The first kappa shape index (κ1) is 24.5. The average molecular weight is 457 g/mol. The third-order valence-electron chi connectivity index (χ3n) is 7.14. The van der Waals surface area contributed by atoms with Gasteiger partial charge >= 0.3 is 7.12 Å².